The van der Waals surface area contributed by atoms with Crippen LogP contribution in [0, 0.1) is 0 Å². The van der Waals surface area contributed by atoms with Crippen molar-refractivity contribution in [3.8, 4) is 0 Å². The Morgan fingerprint density at radius 1 is 1.16 bits per heavy atom. The fourth-order valence-electron chi connectivity index (χ4n) is 1.90. The van der Waals surface area contributed by atoms with E-state index in [2.05, 4.69) is 24.5 Å². The van der Waals surface area contributed by atoms with Gasteiger partial charge in [0, 0.05) is 18.7 Å². The van der Waals surface area contributed by atoms with E-state index in [1.807, 2.05) is 18.2 Å². The van der Waals surface area contributed by atoms with E-state index in [1.54, 1.807) is 0 Å². The van der Waals surface area contributed by atoms with Crippen LogP contribution in [-0.2, 0) is 17.6 Å². The maximum absolute atomic E-state index is 11.6. The van der Waals surface area contributed by atoms with E-state index in [-0.39, 0.29) is 18.9 Å². The number of amides is 3. The molecule has 0 aromatic heterocycles. The number of benzene rings is 1. The van der Waals surface area contributed by atoms with Crippen LogP contribution < -0.4 is 16.4 Å². The number of rotatable bonds is 6. The SMILES string of the molecule is CCc1ccc(NC(=O)CCNC(N)=O)cc1CC. The number of nitrogens with one attached hydrogen (secondary N) is 2. The molecule has 0 atom stereocenters. The van der Waals surface area contributed by atoms with Gasteiger partial charge in [-0.2, -0.15) is 0 Å². The van der Waals surface area contributed by atoms with Crippen LogP contribution in [0.5, 0.6) is 0 Å². The van der Waals surface area contributed by atoms with E-state index in [0.717, 1.165) is 18.5 Å². The molecule has 0 saturated heterocycles. The number of carbonyl (C=O) groups is 2. The van der Waals surface area contributed by atoms with Gasteiger partial charge in [0.25, 0.3) is 0 Å². The summed E-state index contributed by atoms with van der Waals surface area (Å²) in [6.45, 7) is 4.45. The van der Waals surface area contributed by atoms with Gasteiger partial charge in [-0.1, -0.05) is 19.9 Å². The Hall–Kier alpha value is -2.04. The normalized spacial score (nSPS) is 10.0. The molecular weight excluding hydrogens is 242 g/mol. The lowest BCUT2D eigenvalue weighted by Crippen LogP contribution is -2.32. The lowest BCUT2D eigenvalue weighted by atomic mass is 10.0. The Labute approximate surface area is 113 Å². The number of primary amides is 1. The van der Waals surface area contributed by atoms with Gasteiger partial charge < -0.3 is 16.4 Å². The second kappa shape index (κ2) is 7.41. The highest BCUT2D eigenvalue weighted by molar-refractivity contribution is 5.91. The zero-order valence-corrected chi connectivity index (χ0v) is 11.5. The molecule has 1 aromatic carbocycles. The third-order valence-electron chi connectivity index (χ3n) is 2.90. The minimum atomic E-state index is -0.617. The monoisotopic (exact) mass is 263 g/mol. The minimum Gasteiger partial charge on any atom is -0.352 e. The Kier molecular flexibility index (Phi) is 5.85. The van der Waals surface area contributed by atoms with Gasteiger partial charge in [-0.05, 0) is 36.1 Å². The largest absolute Gasteiger partial charge is 0.352 e. The predicted molar refractivity (Wildman–Crippen MR) is 76.0 cm³/mol. The summed E-state index contributed by atoms with van der Waals surface area (Å²) < 4.78 is 0. The topological polar surface area (TPSA) is 84.2 Å². The van der Waals surface area contributed by atoms with Crippen molar-refractivity contribution in [1.29, 1.82) is 0 Å². The van der Waals surface area contributed by atoms with Crippen molar-refractivity contribution in [2.24, 2.45) is 5.73 Å². The van der Waals surface area contributed by atoms with Gasteiger partial charge in [0.05, 0.1) is 0 Å². The van der Waals surface area contributed by atoms with Crippen LogP contribution in [0.15, 0.2) is 18.2 Å². The Bertz CT molecular complexity index is 458. The summed E-state index contributed by atoms with van der Waals surface area (Å²) in [5.41, 5.74) is 8.26. The number of nitrogens with two attached hydrogens (primary N) is 1. The fourth-order valence-corrected chi connectivity index (χ4v) is 1.90. The molecule has 0 saturated carbocycles. The van der Waals surface area contributed by atoms with Gasteiger partial charge in [-0.25, -0.2) is 4.79 Å². The van der Waals surface area contributed by atoms with E-state index >= 15 is 0 Å². The first-order valence-electron chi connectivity index (χ1n) is 6.51. The summed E-state index contributed by atoms with van der Waals surface area (Å²) in [6, 6.07) is 5.32. The quantitative estimate of drug-likeness (QED) is 0.731. The van der Waals surface area contributed by atoms with E-state index in [1.165, 1.54) is 11.1 Å². The average molecular weight is 263 g/mol. The fraction of sp³-hybridized carbons (Fsp3) is 0.429. The molecule has 1 rings (SSSR count). The molecule has 0 unspecified atom stereocenters. The molecule has 0 aliphatic rings. The Balaban J connectivity index is 2.57. The number of hydrogen-bond donors (Lipinski definition) is 3. The molecule has 0 aliphatic carbocycles. The zero-order valence-electron chi connectivity index (χ0n) is 11.5. The molecule has 0 radical (unpaired) electrons. The van der Waals surface area contributed by atoms with Gasteiger partial charge in [-0.15, -0.1) is 0 Å². The van der Waals surface area contributed by atoms with Gasteiger partial charge in [-0.3, -0.25) is 4.79 Å². The highest BCUT2D eigenvalue weighted by atomic mass is 16.2. The van der Waals surface area contributed by atoms with Crippen molar-refractivity contribution < 1.29 is 9.59 Å². The third kappa shape index (κ3) is 4.99. The number of aryl methyl sites for hydroxylation is 2. The maximum atomic E-state index is 11.6. The van der Waals surface area contributed by atoms with Gasteiger partial charge in [0.15, 0.2) is 0 Å². The first-order valence-corrected chi connectivity index (χ1v) is 6.51. The highest BCUT2D eigenvalue weighted by Crippen LogP contribution is 2.17. The van der Waals surface area contributed by atoms with Crippen LogP contribution >= 0.6 is 0 Å². The molecule has 3 amide bonds. The maximum Gasteiger partial charge on any atom is 0.312 e. The molecule has 0 fully saturated rings. The van der Waals surface area contributed by atoms with Crippen LogP contribution in [0.1, 0.15) is 31.4 Å². The second-order valence-corrected chi connectivity index (χ2v) is 4.28. The molecule has 0 bridgehead atoms. The second-order valence-electron chi connectivity index (χ2n) is 4.28. The Morgan fingerprint density at radius 2 is 1.84 bits per heavy atom. The molecule has 5 heteroatoms. The van der Waals surface area contributed by atoms with Crippen molar-refractivity contribution in [2.75, 3.05) is 11.9 Å². The Morgan fingerprint density at radius 3 is 2.42 bits per heavy atom. The lowest BCUT2D eigenvalue weighted by molar-refractivity contribution is -0.116. The zero-order chi connectivity index (χ0) is 14.3. The standard InChI is InChI=1S/C14H21N3O2/c1-3-10-5-6-12(9-11(10)4-2)17-13(18)7-8-16-14(15)19/h5-6,9H,3-4,7-8H2,1-2H3,(H,17,18)(H3,15,16,19). The van der Waals surface area contributed by atoms with Crippen LogP contribution in [0.3, 0.4) is 0 Å². The van der Waals surface area contributed by atoms with E-state index in [9.17, 15) is 9.59 Å². The molecule has 4 N–H and O–H groups in total. The molecule has 5 nitrogen and oxygen atoms in total. The van der Waals surface area contributed by atoms with Crippen molar-refractivity contribution >= 4 is 17.6 Å². The van der Waals surface area contributed by atoms with Gasteiger partial charge in [0.2, 0.25) is 5.91 Å². The first-order chi connectivity index (χ1) is 9.06. The summed E-state index contributed by atoms with van der Waals surface area (Å²) in [7, 11) is 0. The number of urea groups is 1. The molecule has 0 spiro atoms. The summed E-state index contributed by atoms with van der Waals surface area (Å²) in [4.78, 5) is 22.1. The number of anilines is 1. The van der Waals surface area contributed by atoms with Crippen LogP contribution in [0.25, 0.3) is 0 Å². The van der Waals surface area contributed by atoms with Crippen molar-refractivity contribution in [3.63, 3.8) is 0 Å². The van der Waals surface area contributed by atoms with Crippen LogP contribution in [0.4, 0.5) is 10.5 Å². The molecule has 19 heavy (non-hydrogen) atoms. The van der Waals surface area contributed by atoms with E-state index in [4.69, 9.17) is 5.73 Å². The summed E-state index contributed by atoms with van der Waals surface area (Å²) >= 11 is 0. The summed E-state index contributed by atoms with van der Waals surface area (Å²) in [5, 5.41) is 5.19. The van der Waals surface area contributed by atoms with Gasteiger partial charge >= 0.3 is 6.03 Å². The number of carbonyl (C=O) groups excluding carboxylic acids is 2. The molecule has 0 aliphatic heterocycles. The van der Waals surface area contributed by atoms with E-state index in [0.29, 0.717) is 0 Å². The highest BCUT2D eigenvalue weighted by Gasteiger charge is 2.05. The van der Waals surface area contributed by atoms with Crippen molar-refractivity contribution in [2.45, 2.75) is 33.1 Å². The average Bonchev–Trinajstić information content (AvgIpc) is 2.38. The molecule has 0 heterocycles. The smallest absolute Gasteiger partial charge is 0.312 e. The first kappa shape index (κ1) is 15.0. The molecule has 1 aromatic rings. The lowest BCUT2D eigenvalue weighted by Gasteiger charge is -2.10. The van der Waals surface area contributed by atoms with E-state index < -0.39 is 6.03 Å². The molecule has 104 valence electrons. The summed E-state index contributed by atoms with van der Waals surface area (Å²) in [5.74, 6) is -0.139. The van der Waals surface area contributed by atoms with Crippen LogP contribution in [-0.4, -0.2) is 18.5 Å². The molecular formula is C14H21N3O2. The predicted octanol–water partition coefficient (Wildman–Crippen LogP) is 1.81. The van der Waals surface area contributed by atoms with Gasteiger partial charge in [0.1, 0.15) is 0 Å². The summed E-state index contributed by atoms with van der Waals surface area (Å²) in [6.07, 6.45) is 2.13. The third-order valence-corrected chi connectivity index (χ3v) is 2.90. The van der Waals surface area contributed by atoms with Crippen molar-refractivity contribution in [3.05, 3.63) is 29.3 Å². The van der Waals surface area contributed by atoms with Crippen LogP contribution in [0.2, 0.25) is 0 Å². The number of hydrogen-bond acceptors (Lipinski definition) is 2. The minimum absolute atomic E-state index is 0.139. The van der Waals surface area contributed by atoms with Crippen molar-refractivity contribution in [1.82, 2.24) is 5.32 Å².